The summed E-state index contributed by atoms with van der Waals surface area (Å²) in [6, 6.07) is 12.5. The summed E-state index contributed by atoms with van der Waals surface area (Å²) in [4.78, 5) is 47.3. The van der Waals surface area contributed by atoms with E-state index in [0.717, 1.165) is 22.4 Å². The summed E-state index contributed by atoms with van der Waals surface area (Å²) in [6.45, 7) is 4.84. The van der Waals surface area contributed by atoms with Crippen molar-refractivity contribution in [3.8, 4) is 11.5 Å². The van der Waals surface area contributed by atoms with Crippen LogP contribution in [0.1, 0.15) is 62.6 Å². The fourth-order valence-electron chi connectivity index (χ4n) is 4.95. The Hall–Kier alpha value is -3.94. The smallest absolute Gasteiger partial charge is 0.272 e. The molecule has 0 atom stereocenters. The molecular formula is C28H29N3O5. The second-order valence-corrected chi connectivity index (χ2v) is 9.71. The number of nitrogens with zero attached hydrogens (tertiary/aromatic N) is 2. The number of rotatable bonds is 4. The maximum Gasteiger partial charge on any atom is 0.272 e. The molecule has 1 amide bonds. The van der Waals surface area contributed by atoms with Crippen molar-refractivity contribution in [1.82, 2.24) is 14.9 Å². The first-order valence-electron chi connectivity index (χ1n) is 12.1. The van der Waals surface area contributed by atoms with Crippen LogP contribution in [0.2, 0.25) is 0 Å². The number of aryl methyl sites for hydroxylation is 2. The number of ketones is 1. The second-order valence-electron chi connectivity index (χ2n) is 9.71. The van der Waals surface area contributed by atoms with Crippen molar-refractivity contribution in [3.05, 3.63) is 86.6 Å². The molecule has 2 aliphatic rings. The van der Waals surface area contributed by atoms with E-state index in [1.807, 2.05) is 50.2 Å². The van der Waals surface area contributed by atoms with Crippen molar-refractivity contribution in [2.45, 2.75) is 45.1 Å². The number of carbonyl (C=O) groups excluding carboxylic acids is 2. The number of fused-ring (bicyclic) bond motifs is 1. The quantitative estimate of drug-likeness (QED) is 0.603. The van der Waals surface area contributed by atoms with Gasteiger partial charge in [-0.1, -0.05) is 12.1 Å². The lowest BCUT2D eigenvalue weighted by Gasteiger charge is -2.44. The van der Waals surface area contributed by atoms with Gasteiger partial charge in [0, 0.05) is 38.4 Å². The molecule has 1 aromatic heterocycles. The molecule has 0 bridgehead atoms. The highest BCUT2D eigenvalue weighted by Crippen LogP contribution is 2.40. The number of carbonyl (C=O) groups is 2. The molecule has 5 rings (SSSR count). The predicted octanol–water partition coefficient (Wildman–Crippen LogP) is 3.63. The van der Waals surface area contributed by atoms with Crippen LogP contribution in [0.25, 0.3) is 0 Å². The molecule has 0 unspecified atom stereocenters. The maximum atomic E-state index is 13.2. The van der Waals surface area contributed by atoms with E-state index in [1.165, 1.54) is 6.07 Å². The molecular weight excluding hydrogens is 458 g/mol. The minimum absolute atomic E-state index is 0.0820. The first kappa shape index (κ1) is 23.8. The molecule has 3 aromatic rings. The van der Waals surface area contributed by atoms with Crippen molar-refractivity contribution >= 4 is 11.7 Å². The SMILES string of the molecule is COc1ccc(Cc2nc(C(=O)N3CCC4(CC3)CC(=O)c3cc(C)c(C)cc3O4)cc(=O)[nH]2)cc1. The first-order chi connectivity index (χ1) is 17.2. The van der Waals surface area contributed by atoms with E-state index < -0.39 is 5.60 Å². The van der Waals surface area contributed by atoms with Crippen molar-refractivity contribution in [2.24, 2.45) is 0 Å². The molecule has 8 heteroatoms. The summed E-state index contributed by atoms with van der Waals surface area (Å²) in [5, 5.41) is 0. The summed E-state index contributed by atoms with van der Waals surface area (Å²) < 4.78 is 11.6. The van der Waals surface area contributed by atoms with Crippen LogP contribution < -0.4 is 15.0 Å². The van der Waals surface area contributed by atoms with E-state index in [0.29, 0.717) is 55.9 Å². The highest BCUT2D eigenvalue weighted by molar-refractivity contribution is 6.00. The van der Waals surface area contributed by atoms with Gasteiger partial charge in [-0.3, -0.25) is 14.4 Å². The Bertz CT molecular complexity index is 1390. The zero-order valence-corrected chi connectivity index (χ0v) is 20.7. The maximum absolute atomic E-state index is 13.2. The third-order valence-electron chi connectivity index (χ3n) is 7.21. The molecule has 8 nitrogen and oxygen atoms in total. The number of ether oxygens (including phenoxy) is 2. The largest absolute Gasteiger partial charge is 0.497 e. The van der Waals surface area contributed by atoms with Gasteiger partial charge in [0.1, 0.15) is 28.6 Å². The molecule has 3 heterocycles. The van der Waals surface area contributed by atoms with Crippen LogP contribution in [0.15, 0.2) is 47.3 Å². The van der Waals surface area contributed by atoms with Gasteiger partial charge < -0.3 is 19.4 Å². The topological polar surface area (TPSA) is 102 Å². The summed E-state index contributed by atoms with van der Waals surface area (Å²) in [6.07, 6.45) is 1.77. The molecule has 1 spiro atoms. The number of likely N-dealkylation sites (tertiary alicyclic amines) is 1. The number of hydrogen-bond acceptors (Lipinski definition) is 6. The molecule has 1 fully saturated rings. The van der Waals surface area contributed by atoms with Gasteiger partial charge in [0.2, 0.25) is 0 Å². The van der Waals surface area contributed by atoms with Gasteiger partial charge in [-0.2, -0.15) is 0 Å². The van der Waals surface area contributed by atoms with Crippen LogP contribution in [-0.4, -0.2) is 52.4 Å². The van der Waals surface area contributed by atoms with Crippen molar-refractivity contribution in [2.75, 3.05) is 20.2 Å². The molecule has 1 N–H and O–H groups in total. The van der Waals surface area contributed by atoms with Gasteiger partial charge in [0.05, 0.1) is 19.1 Å². The van der Waals surface area contributed by atoms with Crippen LogP contribution in [0.5, 0.6) is 11.5 Å². The highest BCUT2D eigenvalue weighted by Gasteiger charge is 2.44. The summed E-state index contributed by atoms with van der Waals surface area (Å²) in [7, 11) is 1.60. The van der Waals surface area contributed by atoms with Crippen LogP contribution in [0, 0.1) is 13.8 Å². The van der Waals surface area contributed by atoms with E-state index in [4.69, 9.17) is 9.47 Å². The lowest BCUT2D eigenvalue weighted by atomic mass is 9.82. The first-order valence-corrected chi connectivity index (χ1v) is 12.1. The van der Waals surface area contributed by atoms with Gasteiger partial charge in [-0.05, 0) is 54.8 Å². The molecule has 2 aliphatic heterocycles. The minimum atomic E-state index is -0.607. The van der Waals surface area contributed by atoms with Crippen molar-refractivity contribution in [3.63, 3.8) is 0 Å². The number of piperidine rings is 1. The predicted molar refractivity (Wildman–Crippen MR) is 134 cm³/mol. The van der Waals surface area contributed by atoms with E-state index in [9.17, 15) is 14.4 Å². The average molecular weight is 488 g/mol. The van der Waals surface area contributed by atoms with E-state index in [1.54, 1.807) is 12.0 Å². The Balaban J connectivity index is 1.29. The molecule has 1 saturated heterocycles. The molecule has 0 radical (unpaired) electrons. The Labute approximate surface area is 209 Å². The number of hydrogen-bond donors (Lipinski definition) is 1. The molecule has 186 valence electrons. The number of aromatic amines is 1. The number of benzene rings is 2. The lowest BCUT2D eigenvalue weighted by molar-refractivity contribution is -0.00591. The summed E-state index contributed by atoms with van der Waals surface area (Å²) >= 11 is 0. The Morgan fingerprint density at radius 2 is 1.78 bits per heavy atom. The van der Waals surface area contributed by atoms with Crippen LogP contribution in [0.3, 0.4) is 0 Å². The van der Waals surface area contributed by atoms with Crippen LogP contribution in [0.4, 0.5) is 0 Å². The third-order valence-corrected chi connectivity index (χ3v) is 7.21. The Kier molecular flexibility index (Phi) is 6.12. The molecule has 0 aliphatic carbocycles. The summed E-state index contributed by atoms with van der Waals surface area (Å²) in [5.41, 5.74) is 2.87. The number of amides is 1. The van der Waals surface area contributed by atoms with Crippen molar-refractivity contribution < 1.29 is 19.1 Å². The fourth-order valence-corrected chi connectivity index (χ4v) is 4.95. The molecule has 2 aromatic carbocycles. The third kappa shape index (κ3) is 4.63. The Morgan fingerprint density at radius 3 is 2.47 bits per heavy atom. The lowest BCUT2D eigenvalue weighted by Crippen LogP contribution is -2.52. The van der Waals surface area contributed by atoms with Gasteiger partial charge in [0.15, 0.2) is 5.78 Å². The fraction of sp³-hybridized carbons (Fsp3) is 0.357. The number of H-pyrrole nitrogens is 1. The van der Waals surface area contributed by atoms with Gasteiger partial charge in [-0.15, -0.1) is 0 Å². The van der Waals surface area contributed by atoms with Gasteiger partial charge >= 0.3 is 0 Å². The highest BCUT2D eigenvalue weighted by atomic mass is 16.5. The van der Waals surface area contributed by atoms with E-state index in [2.05, 4.69) is 9.97 Å². The number of aromatic nitrogens is 2. The monoisotopic (exact) mass is 487 g/mol. The van der Waals surface area contributed by atoms with E-state index in [-0.39, 0.29) is 22.9 Å². The van der Waals surface area contributed by atoms with Gasteiger partial charge in [-0.25, -0.2) is 4.98 Å². The zero-order chi connectivity index (χ0) is 25.4. The van der Waals surface area contributed by atoms with Crippen LogP contribution >= 0.6 is 0 Å². The summed E-state index contributed by atoms with van der Waals surface area (Å²) in [5.74, 6) is 1.59. The standard InChI is InChI=1S/C28H29N3O5/c1-17-12-21-23(32)16-28(36-24(21)13-18(17)2)8-10-31(11-9-28)27(34)22-15-26(33)30-25(29-22)14-19-4-6-20(35-3)7-5-19/h4-7,12-13,15H,8-11,14,16H2,1-3H3,(H,29,30,33). The number of Topliss-reactive ketones (excluding diaryl/α,β-unsaturated/α-hetero) is 1. The van der Waals surface area contributed by atoms with E-state index >= 15 is 0 Å². The second kappa shape index (κ2) is 9.26. The zero-order valence-electron chi connectivity index (χ0n) is 20.7. The number of nitrogens with one attached hydrogen (secondary N) is 1. The normalized spacial score (nSPS) is 16.4. The molecule has 36 heavy (non-hydrogen) atoms. The minimum Gasteiger partial charge on any atom is -0.497 e. The number of methoxy groups -OCH3 is 1. The molecule has 0 saturated carbocycles. The van der Waals surface area contributed by atoms with Gasteiger partial charge in [0.25, 0.3) is 11.5 Å². The van der Waals surface area contributed by atoms with Crippen molar-refractivity contribution in [1.29, 1.82) is 0 Å². The Morgan fingerprint density at radius 1 is 1.08 bits per heavy atom. The average Bonchev–Trinajstić information content (AvgIpc) is 2.85. The van der Waals surface area contributed by atoms with Crippen LogP contribution in [-0.2, 0) is 6.42 Å².